The summed E-state index contributed by atoms with van der Waals surface area (Å²) in [6.07, 6.45) is 1.84. The Kier molecular flexibility index (Phi) is 8.40. The van der Waals surface area contributed by atoms with Gasteiger partial charge < -0.3 is 15.5 Å². The zero-order chi connectivity index (χ0) is 13.3. The summed E-state index contributed by atoms with van der Waals surface area (Å²) >= 11 is 0. The molecule has 0 saturated heterocycles. The third-order valence-corrected chi connectivity index (χ3v) is 2.67. The Hall–Kier alpha value is -1.10. The normalized spacial score (nSPS) is 12.0. The third-order valence-electron chi connectivity index (χ3n) is 2.67. The van der Waals surface area contributed by atoms with E-state index in [1.54, 1.807) is 11.9 Å². The van der Waals surface area contributed by atoms with Gasteiger partial charge in [-0.3, -0.25) is 9.59 Å². The quantitative estimate of drug-likeness (QED) is 0.647. The van der Waals surface area contributed by atoms with Gasteiger partial charge in [-0.15, -0.1) is 0 Å². The molecule has 0 rings (SSSR count). The molecule has 2 N–H and O–H groups in total. The fourth-order valence-corrected chi connectivity index (χ4v) is 1.33. The van der Waals surface area contributed by atoms with Crippen LogP contribution < -0.4 is 10.6 Å². The van der Waals surface area contributed by atoms with Gasteiger partial charge in [-0.1, -0.05) is 13.8 Å². The molecule has 1 atom stereocenters. The highest BCUT2D eigenvalue weighted by Gasteiger charge is 2.15. The minimum Gasteiger partial charge on any atom is -0.358 e. The molecule has 0 fully saturated rings. The van der Waals surface area contributed by atoms with Crippen molar-refractivity contribution in [3.05, 3.63) is 0 Å². The lowest BCUT2D eigenvalue weighted by molar-refractivity contribution is -0.135. The van der Waals surface area contributed by atoms with Crippen LogP contribution >= 0.6 is 0 Å². The van der Waals surface area contributed by atoms with Gasteiger partial charge in [0.15, 0.2) is 0 Å². The van der Waals surface area contributed by atoms with Gasteiger partial charge in [-0.05, 0) is 19.8 Å². The molecule has 0 heterocycles. The van der Waals surface area contributed by atoms with Crippen molar-refractivity contribution in [3.8, 4) is 0 Å². The van der Waals surface area contributed by atoms with E-state index >= 15 is 0 Å². The molecule has 0 aromatic rings. The lowest BCUT2D eigenvalue weighted by Gasteiger charge is -2.22. The van der Waals surface area contributed by atoms with Crippen LogP contribution in [0.1, 0.15) is 33.6 Å². The number of carbonyl (C=O) groups is 2. The van der Waals surface area contributed by atoms with Gasteiger partial charge >= 0.3 is 0 Å². The zero-order valence-corrected chi connectivity index (χ0v) is 11.4. The van der Waals surface area contributed by atoms with Crippen LogP contribution in [-0.4, -0.2) is 49.4 Å². The summed E-state index contributed by atoms with van der Waals surface area (Å²) in [5, 5.41) is 5.67. The van der Waals surface area contributed by atoms with E-state index in [2.05, 4.69) is 17.6 Å². The SMILES string of the molecule is CCCN(CC(=O)NC)C(=O)CNC(C)CC. The van der Waals surface area contributed by atoms with Gasteiger partial charge in [0.2, 0.25) is 11.8 Å². The Balaban J connectivity index is 4.18. The molecular weight excluding hydrogens is 218 g/mol. The molecule has 0 aliphatic rings. The third kappa shape index (κ3) is 6.94. The number of nitrogens with zero attached hydrogens (tertiary/aromatic N) is 1. The number of likely N-dealkylation sites (N-methyl/N-ethyl adjacent to an activating group) is 1. The molecule has 0 bridgehead atoms. The summed E-state index contributed by atoms with van der Waals surface area (Å²) in [6.45, 7) is 7.16. The summed E-state index contributed by atoms with van der Waals surface area (Å²) < 4.78 is 0. The van der Waals surface area contributed by atoms with E-state index < -0.39 is 0 Å². The van der Waals surface area contributed by atoms with Crippen LogP contribution in [0.4, 0.5) is 0 Å². The average Bonchev–Trinajstić information content (AvgIpc) is 2.34. The van der Waals surface area contributed by atoms with E-state index in [1.807, 2.05) is 13.8 Å². The lowest BCUT2D eigenvalue weighted by atomic mass is 10.2. The molecule has 5 nitrogen and oxygen atoms in total. The van der Waals surface area contributed by atoms with Gasteiger partial charge in [0.25, 0.3) is 0 Å². The summed E-state index contributed by atoms with van der Waals surface area (Å²) in [7, 11) is 1.58. The Morgan fingerprint density at radius 1 is 1.29 bits per heavy atom. The standard InChI is InChI=1S/C12H25N3O2/c1-5-7-15(9-11(16)13-4)12(17)8-14-10(3)6-2/h10,14H,5-9H2,1-4H3,(H,13,16). The van der Waals surface area contributed by atoms with Crippen molar-refractivity contribution in [2.24, 2.45) is 0 Å². The fraction of sp³-hybridized carbons (Fsp3) is 0.833. The first-order valence-electron chi connectivity index (χ1n) is 6.26. The zero-order valence-electron chi connectivity index (χ0n) is 11.4. The predicted molar refractivity (Wildman–Crippen MR) is 68.7 cm³/mol. The fourth-order valence-electron chi connectivity index (χ4n) is 1.33. The summed E-state index contributed by atoms with van der Waals surface area (Å²) in [5.41, 5.74) is 0. The van der Waals surface area contributed by atoms with Crippen LogP contribution in [0.5, 0.6) is 0 Å². The maximum absolute atomic E-state index is 11.9. The van der Waals surface area contributed by atoms with Gasteiger partial charge in [0, 0.05) is 19.6 Å². The largest absolute Gasteiger partial charge is 0.358 e. The highest BCUT2D eigenvalue weighted by Crippen LogP contribution is 1.94. The Labute approximate surface area is 104 Å². The maximum Gasteiger partial charge on any atom is 0.239 e. The van der Waals surface area contributed by atoms with Crippen molar-refractivity contribution in [3.63, 3.8) is 0 Å². The minimum atomic E-state index is -0.129. The van der Waals surface area contributed by atoms with E-state index in [4.69, 9.17) is 0 Å². The van der Waals surface area contributed by atoms with Crippen LogP contribution in [0.3, 0.4) is 0 Å². The number of hydrogen-bond donors (Lipinski definition) is 2. The molecular formula is C12H25N3O2. The molecule has 2 amide bonds. The Morgan fingerprint density at radius 3 is 2.41 bits per heavy atom. The van der Waals surface area contributed by atoms with E-state index in [0.717, 1.165) is 12.8 Å². The number of carbonyl (C=O) groups excluding carboxylic acids is 2. The van der Waals surface area contributed by atoms with E-state index in [0.29, 0.717) is 19.1 Å². The van der Waals surface area contributed by atoms with Crippen molar-refractivity contribution in [2.45, 2.75) is 39.7 Å². The molecule has 0 radical (unpaired) electrons. The Morgan fingerprint density at radius 2 is 1.94 bits per heavy atom. The first kappa shape index (κ1) is 15.9. The lowest BCUT2D eigenvalue weighted by Crippen LogP contribution is -2.45. The molecule has 17 heavy (non-hydrogen) atoms. The smallest absolute Gasteiger partial charge is 0.239 e. The van der Waals surface area contributed by atoms with Crippen LogP contribution in [0.25, 0.3) is 0 Å². The molecule has 0 aliphatic heterocycles. The number of rotatable bonds is 8. The van der Waals surface area contributed by atoms with Crippen molar-refractivity contribution >= 4 is 11.8 Å². The highest BCUT2D eigenvalue weighted by atomic mass is 16.2. The molecule has 0 saturated carbocycles. The summed E-state index contributed by atoms with van der Waals surface area (Å²) in [5.74, 6) is -0.147. The predicted octanol–water partition coefficient (Wildman–Crippen LogP) is 0.359. The molecule has 0 aromatic heterocycles. The summed E-state index contributed by atoms with van der Waals surface area (Å²) in [4.78, 5) is 24.8. The van der Waals surface area contributed by atoms with Crippen molar-refractivity contribution in [1.82, 2.24) is 15.5 Å². The number of amides is 2. The first-order chi connectivity index (χ1) is 8.04. The van der Waals surface area contributed by atoms with Crippen molar-refractivity contribution < 1.29 is 9.59 Å². The maximum atomic E-state index is 11.9. The average molecular weight is 243 g/mol. The highest BCUT2D eigenvalue weighted by molar-refractivity contribution is 5.85. The molecule has 0 aromatic carbocycles. The second-order valence-corrected chi connectivity index (χ2v) is 4.18. The molecule has 0 spiro atoms. The Bertz CT molecular complexity index is 244. The van der Waals surface area contributed by atoms with E-state index in [1.165, 1.54) is 0 Å². The van der Waals surface area contributed by atoms with Gasteiger partial charge in [-0.25, -0.2) is 0 Å². The van der Waals surface area contributed by atoms with E-state index in [-0.39, 0.29) is 18.4 Å². The van der Waals surface area contributed by atoms with Gasteiger partial charge in [0.1, 0.15) is 0 Å². The molecule has 5 heteroatoms. The summed E-state index contributed by atoms with van der Waals surface area (Å²) in [6, 6.07) is 0.322. The van der Waals surface area contributed by atoms with Gasteiger partial charge in [0.05, 0.1) is 13.1 Å². The van der Waals surface area contributed by atoms with Crippen LogP contribution in [-0.2, 0) is 9.59 Å². The first-order valence-corrected chi connectivity index (χ1v) is 6.26. The topological polar surface area (TPSA) is 61.4 Å². The van der Waals surface area contributed by atoms with Crippen LogP contribution in [0, 0.1) is 0 Å². The molecule has 0 aliphatic carbocycles. The number of nitrogens with one attached hydrogen (secondary N) is 2. The second-order valence-electron chi connectivity index (χ2n) is 4.18. The molecule has 100 valence electrons. The minimum absolute atomic E-state index is 0.0178. The van der Waals surface area contributed by atoms with Crippen molar-refractivity contribution in [1.29, 1.82) is 0 Å². The van der Waals surface area contributed by atoms with Gasteiger partial charge in [-0.2, -0.15) is 0 Å². The molecule has 1 unspecified atom stereocenters. The van der Waals surface area contributed by atoms with Crippen LogP contribution in [0.15, 0.2) is 0 Å². The monoisotopic (exact) mass is 243 g/mol. The second kappa shape index (κ2) is 8.98. The number of hydrogen-bond acceptors (Lipinski definition) is 3. The van der Waals surface area contributed by atoms with Crippen molar-refractivity contribution in [2.75, 3.05) is 26.7 Å². The van der Waals surface area contributed by atoms with Crippen LogP contribution in [0.2, 0.25) is 0 Å². The van der Waals surface area contributed by atoms with E-state index in [9.17, 15) is 9.59 Å².